The van der Waals surface area contributed by atoms with Gasteiger partial charge in [0.25, 0.3) is 0 Å². The molecule has 108 valence electrons. The number of hydrogen-bond donors (Lipinski definition) is 1. The van der Waals surface area contributed by atoms with Gasteiger partial charge < -0.3 is 5.73 Å². The number of carbonyl (C=O) groups is 1. The fraction of sp³-hybridized carbons (Fsp3) is 0.533. The fourth-order valence-electron chi connectivity index (χ4n) is 2.13. The third-order valence-corrected chi connectivity index (χ3v) is 3.72. The van der Waals surface area contributed by atoms with E-state index < -0.39 is 0 Å². The zero-order valence-electron chi connectivity index (χ0n) is 12.5. The summed E-state index contributed by atoms with van der Waals surface area (Å²) < 4.78 is 0. The van der Waals surface area contributed by atoms with Crippen molar-refractivity contribution in [3.63, 3.8) is 0 Å². The first-order chi connectivity index (χ1) is 8.42. The average Bonchev–Trinajstić information content (AvgIpc) is 2.37. The van der Waals surface area contributed by atoms with Gasteiger partial charge in [-0.15, -0.1) is 12.4 Å². The second kappa shape index (κ2) is 7.51. The molecule has 0 aromatic heterocycles. The number of ketones is 1. The van der Waals surface area contributed by atoms with Gasteiger partial charge in [-0.3, -0.25) is 9.69 Å². The molecule has 0 amide bonds. The van der Waals surface area contributed by atoms with Gasteiger partial charge in [-0.2, -0.15) is 0 Å². The summed E-state index contributed by atoms with van der Waals surface area (Å²) >= 11 is 0. The number of Topliss-reactive ketones (excluding diaryl/α,β-unsaturated/α-hetero) is 1. The molecule has 0 unspecified atom stereocenters. The molecule has 0 aliphatic heterocycles. The molecule has 0 radical (unpaired) electrons. The molecular formula is C15H25ClN2O. The Hall–Kier alpha value is -1.06. The Kier molecular flexibility index (Phi) is 7.09. The van der Waals surface area contributed by atoms with E-state index in [-0.39, 0.29) is 18.2 Å². The van der Waals surface area contributed by atoms with Crippen LogP contribution in [0.15, 0.2) is 6.07 Å². The zero-order valence-corrected chi connectivity index (χ0v) is 13.4. The first-order valence-corrected chi connectivity index (χ1v) is 6.54. The van der Waals surface area contributed by atoms with Crippen LogP contribution in [-0.4, -0.2) is 30.3 Å². The number of likely N-dealkylation sites (N-methyl/N-ethyl adjacent to an activating group) is 1. The summed E-state index contributed by atoms with van der Waals surface area (Å²) in [5.74, 6) is 0.183. The lowest BCUT2D eigenvalue weighted by molar-refractivity contribution is 0.0936. The topological polar surface area (TPSA) is 46.3 Å². The molecule has 0 atom stereocenters. The normalized spacial score (nSPS) is 10.4. The standard InChI is InChI=1S/C15H24N2O.ClH/c1-6-17(7-2)9-14(18)13-8-10(3)15(16)12(5)11(13)4;/h8H,6-7,9,16H2,1-5H3;1H. The Bertz CT molecular complexity index is 454. The minimum absolute atomic E-state index is 0. The van der Waals surface area contributed by atoms with Crippen LogP contribution in [-0.2, 0) is 0 Å². The number of hydrogen-bond acceptors (Lipinski definition) is 3. The molecule has 0 aliphatic carbocycles. The van der Waals surface area contributed by atoms with Crippen LogP contribution in [0.2, 0.25) is 0 Å². The van der Waals surface area contributed by atoms with Crippen LogP contribution in [0.4, 0.5) is 5.69 Å². The van der Waals surface area contributed by atoms with Crippen molar-refractivity contribution >= 4 is 23.9 Å². The van der Waals surface area contributed by atoms with E-state index in [9.17, 15) is 4.79 Å². The average molecular weight is 285 g/mol. The number of nitrogen functional groups attached to an aromatic ring is 1. The van der Waals surface area contributed by atoms with Crippen LogP contribution in [0.3, 0.4) is 0 Å². The summed E-state index contributed by atoms with van der Waals surface area (Å²) in [6, 6.07) is 1.92. The molecule has 0 saturated heterocycles. The van der Waals surface area contributed by atoms with Crippen LogP contribution >= 0.6 is 12.4 Å². The molecule has 0 fully saturated rings. The quantitative estimate of drug-likeness (QED) is 0.667. The first kappa shape index (κ1) is 17.9. The summed E-state index contributed by atoms with van der Waals surface area (Å²) in [4.78, 5) is 14.5. The molecular weight excluding hydrogens is 260 g/mol. The molecule has 1 aromatic rings. The molecule has 19 heavy (non-hydrogen) atoms. The zero-order chi connectivity index (χ0) is 13.9. The van der Waals surface area contributed by atoms with Crippen molar-refractivity contribution in [2.75, 3.05) is 25.4 Å². The highest BCUT2D eigenvalue weighted by Crippen LogP contribution is 2.24. The van der Waals surface area contributed by atoms with Crippen molar-refractivity contribution in [1.82, 2.24) is 4.90 Å². The number of anilines is 1. The van der Waals surface area contributed by atoms with E-state index in [0.717, 1.165) is 41.0 Å². The number of nitrogens with two attached hydrogens (primary N) is 1. The minimum atomic E-state index is 0. The Morgan fingerprint density at radius 3 is 2.16 bits per heavy atom. The van der Waals surface area contributed by atoms with E-state index in [4.69, 9.17) is 5.73 Å². The van der Waals surface area contributed by atoms with Crippen molar-refractivity contribution in [1.29, 1.82) is 0 Å². The van der Waals surface area contributed by atoms with Gasteiger partial charge in [0.15, 0.2) is 5.78 Å². The number of rotatable bonds is 5. The van der Waals surface area contributed by atoms with Crippen molar-refractivity contribution in [3.05, 3.63) is 28.3 Å². The number of halogens is 1. The molecule has 2 N–H and O–H groups in total. The summed E-state index contributed by atoms with van der Waals surface area (Å²) in [7, 11) is 0. The maximum absolute atomic E-state index is 12.3. The summed E-state index contributed by atoms with van der Waals surface area (Å²) in [5.41, 5.74) is 10.6. The second-order valence-corrected chi connectivity index (χ2v) is 4.79. The van der Waals surface area contributed by atoms with Crippen LogP contribution in [0.25, 0.3) is 0 Å². The van der Waals surface area contributed by atoms with Gasteiger partial charge in [0, 0.05) is 11.3 Å². The highest BCUT2D eigenvalue weighted by atomic mass is 35.5. The monoisotopic (exact) mass is 284 g/mol. The first-order valence-electron chi connectivity index (χ1n) is 6.54. The largest absolute Gasteiger partial charge is 0.398 e. The molecule has 0 saturated carbocycles. The van der Waals surface area contributed by atoms with Gasteiger partial charge in [0.05, 0.1) is 6.54 Å². The predicted octanol–water partition coefficient (Wildman–Crippen LogP) is 3.14. The molecule has 3 nitrogen and oxygen atoms in total. The Morgan fingerprint density at radius 2 is 1.68 bits per heavy atom. The van der Waals surface area contributed by atoms with Gasteiger partial charge in [0.1, 0.15) is 0 Å². The smallest absolute Gasteiger partial charge is 0.177 e. The van der Waals surface area contributed by atoms with E-state index in [1.54, 1.807) is 0 Å². The molecule has 4 heteroatoms. The SMILES string of the molecule is CCN(CC)CC(=O)c1cc(C)c(N)c(C)c1C.Cl. The van der Waals surface area contributed by atoms with E-state index in [1.165, 1.54) is 0 Å². The van der Waals surface area contributed by atoms with Gasteiger partial charge >= 0.3 is 0 Å². The number of nitrogens with zero attached hydrogens (tertiary/aromatic N) is 1. The number of benzene rings is 1. The Labute approximate surface area is 122 Å². The lowest BCUT2D eigenvalue weighted by Crippen LogP contribution is -2.30. The van der Waals surface area contributed by atoms with Gasteiger partial charge in [0.2, 0.25) is 0 Å². The molecule has 0 aliphatic rings. The highest BCUT2D eigenvalue weighted by molar-refractivity contribution is 6.00. The highest BCUT2D eigenvalue weighted by Gasteiger charge is 2.15. The summed E-state index contributed by atoms with van der Waals surface area (Å²) in [5, 5.41) is 0. The van der Waals surface area contributed by atoms with E-state index in [2.05, 4.69) is 18.7 Å². The minimum Gasteiger partial charge on any atom is -0.398 e. The van der Waals surface area contributed by atoms with Crippen molar-refractivity contribution in [2.24, 2.45) is 0 Å². The van der Waals surface area contributed by atoms with E-state index in [0.29, 0.717) is 6.54 Å². The Balaban J connectivity index is 0.00000324. The molecule has 0 heterocycles. The lowest BCUT2D eigenvalue weighted by Gasteiger charge is -2.19. The van der Waals surface area contributed by atoms with Crippen molar-refractivity contribution < 1.29 is 4.79 Å². The fourth-order valence-corrected chi connectivity index (χ4v) is 2.13. The van der Waals surface area contributed by atoms with Gasteiger partial charge in [-0.05, 0) is 56.6 Å². The maximum atomic E-state index is 12.3. The third-order valence-electron chi connectivity index (χ3n) is 3.72. The third kappa shape index (κ3) is 3.95. The molecule has 0 spiro atoms. The number of carbonyl (C=O) groups excluding carboxylic acids is 1. The predicted molar refractivity (Wildman–Crippen MR) is 84.4 cm³/mol. The van der Waals surface area contributed by atoms with Gasteiger partial charge in [-0.25, -0.2) is 0 Å². The summed E-state index contributed by atoms with van der Waals surface area (Å²) in [6.07, 6.45) is 0. The molecule has 0 bridgehead atoms. The van der Waals surface area contributed by atoms with Crippen LogP contribution in [0, 0.1) is 20.8 Å². The van der Waals surface area contributed by atoms with E-state index >= 15 is 0 Å². The van der Waals surface area contributed by atoms with Crippen molar-refractivity contribution in [3.8, 4) is 0 Å². The summed E-state index contributed by atoms with van der Waals surface area (Å²) in [6.45, 7) is 12.3. The molecule has 1 aromatic carbocycles. The molecule has 1 rings (SSSR count). The van der Waals surface area contributed by atoms with Crippen molar-refractivity contribution in [2.45, 2.75) is 34.6 Å². The van der Waals surface area contributed by atoms with Crippen LogP contribution in [0.1, 0.15) is 40.9 Å². The number of aryl methyl sites for hydroxylation is 1. The maximum Gasteiger partial charge on any atom is 0.177 e. The van der Waals surface area contributed by atoms with Crippen LogP contribution in [0.5, 0.6) is 0 Å². The van der Waals surface area contributed by atoms with E-state index in [1.807, 2.05) is 26.8 Å². The lowest BCUT2D eigenvalue weighted by atomic mass is 9.95. The van der Waals surface area contributed by atoms with Gasteiger partial charge in [-0.1, -0.05) is 13.8 Å². The Morgan fingerprint density at radius 1 is 1.16 bits per heavy atom. The van der Waals surface area contributed by atoms with Crippen LogP contribution < -0.4 is 5.73 Å². The second-order valence-electron chi connectivity index (χ2n) is 4.79.